The van der Waals surface area contributed by atoms with Crippen molar-refractivity contribution in [3.63, 3.8) is 0 Å². The summed E-state index contributed by atoms with van der Waals surface area (Å²) in [7, 11) is 0. The molecule has 3 aromatic rings. The number of thiophene rings is 1. The molecule has 0 radical (unpaired) electrons. The molecule has 0 aliphatic heterocycles. The minimum Gasteiger partial charge on any atom is -0.324 e. The fourth-order valence-corrected chi connectivity index (χ4v) is 2.52. The molecule has 92 valence electrons. The molecular weight excluding hydrogens is 280 g/mol. The fourth-order valence-electron chi connectivity index (χ4n) is 1.56. The highest BCUT2D eigenvalue weighted by atomic mass is 35.5. The smallest absolute Gasteiger partial charge is 0.205 e. The summed E-state index contributed by atoms with van der Waals surface area (Å²) in [4.78, 5) is 6.95. The van der Waals surface area contributed by atoms with Gasteiger partial charge in [-0.25, -0.2) is 13.8 Å². The summed E-state index contributed by atoms with van der Waals surface area (Å²) in [5.41, 5.74) is 1.46. The zero-order valence-corrected chi connectivity index (χ0v) is 10.4. The quantitative estimate of drug-likeness (QED) is 0.737. The molecule has 0 bridgehead atoms. The van der Waals surface area contributed by atoms with Gasteiger partial charge in [0.1, 0.15) is 0 Å². The molecule has 3 rings (SSSR count). The second kappa shape index (κ2) is 4.22. The van der Waals surface area contributed by atoms with E-state index in [9.17, 15) is 8.78 Å². The first-order valence-electron chi connectivity index (χ1n) is 4.97. The third kappa shape index (κ3) is 1.93. The molecule has 18 heavy (non-hydrogen) atoms. The van der Waals surface area contributed by atoms with E-state index in [0.717, 1.165) is 12.1 Å². The van der Waals surface area contributed by atoms with Crippen molar-refractivity contribution in [3.8, 4) is 0 Å². The van der Waals surface area contributed by atoms with Gasteiger partial charge in [0, 0.05) is 22.9 Å². The molecule has 0 amide bonds. The van der Waals surface area contributed by atoms with E-state index in [0.29, 0.717) is 27.7 Å². The normalized spacial score (nSPS) is 11.1. The van der Waals surface area contributed by atoms with E-state index in [4.69, 9.17) is 11.6 Å². The largest absolute Gasteiger partial charge is 0.324 e. The number of nitrogens with zero attached hydrogens (tertiary/aromatic N) is 1. The molecule has 3 nitrogen and oxygen atoms in total. The standard InChI is InChI=1S/C11H6ClF2N3S/c12-5-3-18-4-10(5)17-11-15-8-1-6(13)7(14)2-9(8)16-11/h1-4H,(H2,15,16,17). The number of hydrogen-bond donors (Lipinski definition) is 2. The Bertz CT molecular complexity index is 683. The maximum atomic E-state index is 13.0. The number of anilines is 2. The van der Waals surface area contributed by atoms with Gasteiger partial charge in [0.05, 0.1) is 21.7 Å². The van der Waals surface area contributed by atoms with Crippen molar-refractivity contribution in [2.45, 2.75) is 0 Å². The number of fused-ring (bicyclic) bond motifs is 1. The van der Waals surface area contributed by atoms with Gasteiger partial charge in [0.25, 0.3) is 0 Å². The van der Waals surface area contributed by atoms with Gasteiger partial charge in [-0.2, -0.15) is 0 Å². The number of aromatic amines is 1. The third-order valence-corrected chi connectivity index (χ3v) is 3.58. The third-order valence-electron chi connectivity index (χ3n) is 2.39. The van der Waals surface area contributed by atoms with Gasteiger partial charge in [-0.3, -0.25) is 0 Å². The van der Waals surface area contributed by atoms with Crippen LogP contribution in [0.1, 0.15) is 0 Å². The van der Waals surface area contributed by atoms with Gasteiger partial charge in [0.15, 0.2) is 11.6 Å². The van der Waals surface area contributed by atoms with Crippen molar-refractivity contribution in [1.82, 2.24) is 9.97 Å². The summed E-state index contributed by atoms with van der Waals surface area (Å²) < 4.78 is 26.1. The Morgan fingerprint density at radius 3 is 2.72 bits per heavy atom. The minimum absolute atomic E-state index is 0.350. The molecule has 2 heterocycles. The van der Waals surface area contributed by atoms with Crippen LogP contribution in [-0.2, 0) is 0 Å². The molecule has 7 heteroatoms. The van der Waals surface area contributed by atoms with E-state index in [1.807, 2.05) is 5.38 Å². The lowest BCUT2D eigenvalue weighted by Gasteiger charge is -1.98. The van der Waals surface area contributed by atoms with Gasteiger partial charge in [-0.15, -0.1) is 11.3 Å². The summed E-state index contributed by atoms with van der Waals surface area (Å²) >= 11 is 7.37. The number of halogens is 3. The minimum atomic E-state index is -0.922. The zero-order chi connectivity index (χ0) is 12.7. The number of hydrogen-bond acceptors (Lipinski definition) is 3. The number of H-pyrrole nitrogens is 1. The number of nitrogens with one attached hydrogen (secondary N) is 2. The molecule has 2 aromatic heterocycles. The fraction of sp³-hybridized carbons (Fsp3) is 0. The van der Waals surface area contributed by atoms with E-state index in [1.54, 1.807) is 5.38 Å². The van der Waals surface area contributed by atoms with Crippen LogP contribution in [0.2, 0.25) is 5.02 Å². The van der Waals surface area contributed by atoms with Gasteiger partial charge in [0.2, 0.25) is 5.95 Å². The average molecular weight is 286 g/mol. The van der Waals surface area contributed by atoms with Crippen molar-refractivity contribution >= 4 is 45.6 Å². The second-order valence-corrected chi connectivity index (χ2v) is 4.78. The summed E-state index contributed by atoms with van der Waals surface area (Å²) in [6.07, 6.45) is 0. The van der Waals surface area contributed by atoms with Crippen LogP contribution in [0.3, 0.4) is 0 Å². The maximum Gasteiger partial charge on any atom is 0.205 e. The van der Waals surface area contributed by atoms with Gasteiger partial charge in [-0.05, 0) is 0 Å². The highest BCUT2D eigenvalue weighted by Gasteiger charge is 2.09. The summed E-state index contributed by atoms with van der Waals surface area (Å²) in [5, 5.41) is 7.10. The average Bonchev–Trinajstić information content (AvgIpc) is 2.87. The lowest BCUT2D eigenvalue weighted by molar-refractivity contribution is 0.510. The van der Waals surface area contributed by atoms with Gasteiger partial charge in [-0.1, -0.05) is 11.6 Å². The lowest BCUT2D eigenvalue weighted by atomic mass is 10.3. The predicted molar refractivity (Wildman–Crippen MR) is 68.6 cm³/mol. The Hall–Kier alpha value is -1.66. The molecule has 0 saturated heterocycles. The lowest BCUT2D eigenvalue weighted by Crippen LogP contribution is -1.90. The predicted octanol–water partition coefficient (Wildman–Crippen LogP) is 4.30. The topological polar surface area (TPSA) is 40.7 Å². The summed E-state index contributed by atoms with van der Waals surface area (Å²) in [5.74, 6) is -1.45. The van der Waals surface area contributed by atoms with Gasteiger partial charge >= 0.3 is 0 Å². The number of aromatic nitrogens is 2. The molecule has 1 aromatic carbocycles. The molecule has 0 spiro atoms. The molecule has 0 aliphatic rings. The molecule has 0 aliphatic carbocycles. The first-order valence-corrected chi connectivity index (χ1v) is 6.29. The number of rotatable bonds is 2. The van der Waals surface area contributed by atoms with E-state index >= 15 is 0 Å². The monoisotopic (exact) mass is 285 g/mol. The first-order chi connectivity index (χ1) is 8.63. The number of imidazole rings is 1. The first kappa shape index (κ1) is 11.4. The SMILES string of the molecule is Fc1cc2nc(Nc3cscc3Cl)[nH]c2cc1F. The van der Waals surface area contributed by atoms with Crippen LogP contribution >= 0.6 is 22.9 Å². The van der Waals surface area contributed by atoms with Crippen LogP contribution in [0.4, 0.5) is 20.4 Å². The zero-order valence-electron chi connectivity index (χ0n) is 8.80. The molecule has 0 atom stereocenters. The Morgan fingerprint density at radius 1 is 1.22 bits per heavy atom. The molecule has 2 N–H and O–H groups in total. The van der Waals surface area contributed by atoms with E-state index in [2.05, 4.69) is 15.3 Å². The van der Waals surface area contributed by atoms with E-state index in [-0.39, 0.29) is 0 Å². The van der Waals surface area contributed by atoms with Crippen LogP contribution < -0.4 is 5.32 Å². The highest BCUT2D eigenvalue weighted by molar-refractivity contribution is 7.09. The molecule has 0 saturated carbocycles. The Balaban J connectivity index is 2.01. The van der Waals surface area contributed by atoms with Crippen LogP contribution in [0.5, 0.6) is 0 Å². The maximum absolute atomic E-state index is 13.0. The summed E-state index contributed by atoms with van der Waals surface area (Å²) in [6.45, 7) is 0. The van der Waals surface area contributed by atoms with Crippen molar-refractivity contribution in [1.29, 1.82) is 0 Å². The number of benzene rings is 1. The molecule has 0 fully saturated rings. The second-order valence-electron chi connectivity index (χ2n) is 3.63. The van der Waals surface area contributed by atoms with Crippen molar-refractivity contribution in [2.24, 2.45) is 0 Å². The van der Waals surface area contributed by atoms with E-state index in [1.165, 1.54) is 11.3 Å². The van der Waals surface area contributed by atoms with Crippen molar-refractivity contribution < 1.29 is 8.78 Å². The molecule has 0 unspecified atom stereocenters. The van der Waals surface area contributed by atoms with Gasteiger partial charge < -0.3 is 10.3 Å². The highest BCUT2D eigenvalue weighted by Crippen LogP contribution is 2.29. The van der Waals surface area contributed by atoms with Crippen molar-refractivity contribution in [2.75, 3.05) is 5.32 Å². The van der Waals surface area contributed by atoms with Crippen molar-refractivity contribution in [3.05, 3.63) is 39.5 Å². The Kier molecular flexibility index (Phi) is 2.68. The molecular formula is C11H6ClF2N3S. The van der Waals surface area contributed by atoms with E-state index < -0.39 is 11.6 Å². The van der Waals surface area contributed by atoms with Crippen LogP contribution in [-0.4, -0.2) is 9.97 Å². The Labute approximate surface area is 109 Å². The van der Waals surface area contributed by atoms with Crippen LogP contribution in [0.15, 0.2) is 22.9 Å². The van der Waals surface area contributed by atoms with Crippen LogP contribution in [0, 0.1) is 11.6 Å². The summed E-state index contributed by atoms with van der Waals surface area (Å²) in [6, 6.07) is 2.11. The van der Waals surface area contributed by atoms with Crippen LogP contribution in [0.25, 0.3) is 11.0 Å². The Morgan fingerprint density at radius 2 is 2.00 bits per heavy atom.